The zero-order chi connectivity index (χ0) is 12.6. The standard InChI is InChI=1S/C9H19NO5S/c1-15-6-5-10(8-9(11)12)4-3-7-16(2,13)14/h3-8H2,1-2H3,(H,11,12). The van der Waals surface area contributed by atoms with Gasteiger partial charge in [-0.1, -0.05) is 0 Å². The Morgan fingerprint density at radius 3 is 2.44 bits per heavy atom. The molecule has 7 heteroatoms. The number of ether oxygens (including phenoxy) is 1. The fraction of sp³-hybridized carbons (Fsp3) is 0.889. The third kappa shape index (κ3) is 9.88. The molecule has 0 saturated carbocycles. The van der Waals surface area contributed by atoms with Gasteiger partial charge in [0.2, 0.25) is 0 Å². The number of sulfone groups is 1. The molecule has 0 aromatic carbocycles. The molecule has 0 aliphatic carbocycles. The lowest BCUT2D eigenvalue weighted by molar-refractivity contribution is -0.138. The summed E-state index contributed by atoms with van der Waals surface area (Å²) in [6.07, 6.45) is 1.61. The Bertz CT molecular complexity index is 301. The van der Waals surface area contributed by atoms with Crippen LogP contribution in [0, 0.1) is 0 Å². The Labute approximate surface area is 96.1 Å². The number of nitrogens with zero attached hydrogens (tertiary/aromatic N) is 1. The second-order valence-electron chi connectivity index (χ2n) is 3.65. The lowest BCUT2D eigenvalue weighted by Gasteiger charge is -2.19. The molecule has 0 heterocycles. The van der Waals surface area contributed by atoms with Gasteiger partial charge in [-0.15, -0.1) is 0 Å². The van der Waals surface area contributed by atoms with Crippen LogP contribution in [0.1, 0.15) is 6.42 Å². The van der Waals surface area contributed by atoms with E-state index in [1.165, 1.54) is 13.4 Å². The molecule has 0 aliphatic rings. The molecule has 0 aliphatic heterocycles. The Kier molecular flexibility index (Phi) is 7.27. The molecule has 0 saturated heterocycles. The first-order chi connectivity index (χ1) is 7.35. The van der Waals surface area contributed by atoms with Gasteiger partial charge in [0, 0.05) is 19.9 Å². The van der Waals surface area contributed by atoms with E-state index in [4.69, 9.17) is 9.84 Å². The van der Waals surface area contributed by atoms with Crippen molar-refractivity contribution in [1.29, 1.82) is 0 Å². The molecule has 0 bridgehead atoms. The first-order valence-corrected chi connectivity index (χ1v) is 7.02. The van der Waals surface area contributed by atoms with Crippen LogP contribution >= 0.6 is 0 Å². The monoisotopic (exact) mass is 253 g/mol. The van der Waals surface area contributed by atoms with E-state index < -0.39 is 15.8 Å². The van der Waals surface area contributed by atoms with Crippen molar-refractivity contribution in [3.8, 4) is 0 Å². The molecule has 96 valence electrons. The molecule has 0 amide bonds. The van der Waals surface area contributed by atoms with Crippen LogP contribution in [0.3, 0.4) is 0 Å². The third-order valence-corrected chi connectivity index (χ3v) is 2.99. The molecule has 1 N–H and O–H groups in total. The normalized spacial score (nSPS) is 11.9. The van der Waals surface area contributed by atoms with Crippen molar-refractivity contribution in [2.45, 2.75) is 6.42 Å². The zero-order valence-electron chi connectivity index (χ0n) is 9.68. The van der Waals surface area contributed by atoms with Crippen LogP contribution in [-0.4, -0.2) is 69.8 Å². The van der Waals surface area contributed by atoms with Crippen LogP contribution in [0.4, 0.5) is 0 Å². The number of hydrogen-bond acceptors (Lipinski definition) is 5. The molecular formula is C9H19NO5S. The number of aliphatic carboxylic acids is 1. The van der Waals surface area contributed by atoms with E-state index in [-0.39, 0.29) is 12.3 Å². The summed E-state index contributed by atoms with van der Waals surface area (Å²) in [5.74, 6) is -0.841. The van der Waals surface area contributed by atoms with Crippen LogP contribution < -0.4 is 0 Å². The van der Waals surface area contributed by atoms with Gasteiger partial charge in [0.1, 0.15) is 9.84 Å². The fourth-order valence-corrected chi connectivity index (χ4v) is 1.89. The minimum absolute atomic E-state index is 0.0795. The number of hydrogen-bond donors (Lipinski definition) is 1. The highest BCUT2D eigenvalue weighted by Crippen LogP contribution is 1.95. The summed E-state index contributed by atoms with van der Waals surface area (Å²) in [4.78, 5) is 12.2. The number of methoxy groups -OCH3 is 1. The molecule has 0 rings (SSSR count). The first kappa shape index (κ1) is 15.3. The van der Waals surface area contributed by atoms with Gasteiger partial charge in [-0.2, -0.15) is 0 Å². The highest BCUT2D eigenvalue weighted by Gasteiger charge is 2.10. The van der Waals surface area contributed by atoms with Gasteiger partial charge in [0.25, 0.3) is 0 Å². The summed E-state index contributed by atoms with van der Waals surface area (Å²) in [5.41, 5.74) is 0. The predicted octanol–water partition coefficient (Wildman–Crippen LogP) is -0.546. The zero-order valence-corrected chi connectivity index (χ0v) is 10.5. The lowest BCUT2D eigenvalue weighted by Crippen LogP contribution is -2.34. The van der Waals surface area contributed by atoms with E-state index in [0.29, 0.717) is 26.1 Å². The van der Waals surface area contributed by atoms with E-state index in [1.807, 2.05) is 0 Å². The Morgan fingerprint density at radius 1 is 1.38 bits per heavy atom. The van der Waals surface area contributed by atoms with E-state index in [1.54, 1.807) is 4.90 Å². The second kappa shape index (κ2) is 7.59. The van der Waals surface area contributed by atoms with Crippen molar-refractivity contribution < 1.29 is 23.1 Å². The summed E-state index contributed by atoms with van der Waals surface area (Å²) >= 11 is 0. The molecule has 0 fully saturated rings. The number of carboxylic acids is 1. The molecule has 0 radical (unpaired) electrons. The maximum Gasteiger partial charge on any atom is 0.317 e. The molecule has 0 unspecified atom stereocenters. The van der Waals surface area contributed by atoms with E-state index in [2.05, 4.69) is 0 Å². The molecule has 16 heavy (non-hydrogen) atoms. The molecular weight excluding hydrogens is 234 g/mol. The number of carbonyl (C=O) groups is 1. The maximum atomic E-state index is 10.9. The van der Waals surface area contributed by atoms with Crippen LogP contribution in [0.2, 0.25) is 0 Å². The largest absolute Gasteiger partial charge is 0.480 e. The molecule has 0 atom stereocenters. The average molecular weight is 253 g/mol. The molecule has 6 nitrogen and oxygen atoms in total. The van der Waals surface area contributed by atoms with Gasteiger partial charge in [0.05, 0.1) is 18.9 Å². The fourth-order valence-electron chi connectivity index (χ4n) is 1.23. The van der Waals surface area contributed by atoms with Gasteiger partial charge in [-0.25, -0.2) is 8.42 Å². The Balaban J connectivity index is 3.95. The van der Waals surface area contributed by atoms with Crippen molar-refractivity contribution in [3.63, 3.8) is 0 Å². The van der Waals surface area contributed by atoms with Gasteiger partial charge in [0.15, 0.2) is 0 Å². The van der Waals surface area contributed by atoms with Crippen molar-refractivity contribution in [3.05, 3.63) is 0 Å². The summed E-state index contributed by atoms with van der Waals surface area (Å²) in [5, 5.41) is 8.64. The van der Waals surface area contributed by atoms with Crippen molar-refractivity contribution in [2.75, 3.05) is 45.4 Å². The van der Waals surface area contributed by atoms with Crippen molar-refractivity contribution >= 4 is 15.8 Å². The highest BCUT2D eigenvalue weighted by molar-refractivity contribution is 7.90. The van der Waals surface area contributed by atoms with Crippen LogP contribution in [0.5, 0.6) is 0 Å². The van der Waals surface area contributed by atoms with Gasteiger partial charge < -0.3 is 9.84 Å². The number of rotatable bonds is 9. The van der Waals surface area contributed by atoms with Crippen LogP contribution in [-0.2, 0) is 19.4 Å². The van der Waals surface area contributed by atoms with Crippen molar-refractivity contribution in [2.24, 2.45) is 0 Å². The van der Waals surface area contributed by atoms with Gasteiger partial charge in [-0.05, 0) is 13.0 Å². The predicted molar refractivity (Wildman–Crippen MR) is 60.3 cm³/mol. The van der Waals surface area contributed by atoms with E-state index in [0.717, 1.165) is 0 Å². The SMILES string of the molecule is COCCN(CCCS(C)(=O)=O)CC(=O)O. The van der Waals surface area contributed by atoms with Gasteiger partial charge in [-0.3, -0.25) is 9.69 Å². The summed E-state index contributed by atoms with van der Waals surface area (Å²) in [6, 6.07) is 0. The highest BCUT2D eigenvalue weighted by atomic mass is 32.2. The van der Waals surface area contributed by atoms with Crippen LogP contribution in [0.25, 0.3) is 0 Å². The minimum atomic E-state index is -2.97. The summed E-state index contributed by atoms with van der Waals surface area (Å²) < 4.78 is 26.6. The Hall–Kier alpha value is -0.660. The molecule has 0 spiro atoms. The van der Waals surface area contributed by atoms with E-state index in [9.17, 15) is 13.2 Å². The average Bonchev–Trinajstić information content (AvgIpc) is 2.11. The second-order valence-corrected chi connectivity index (χ2v) is 5.91. The topological polar surface area (TPSA) is 83.9 Å². The summed E-state index contributed by atoms with van der Waals surface area (Å²) in [7, 11) is -1.44. The third-order valence-electron chi connectivity index (χ3n) is 1.96. The van der Waals surface area contributed by atoms with Crippen molar-refractivity contribution in [1.82, 2.24) is 4.90 Å². The van der Waals surface area contributed by atoms with Crippen LogP contribution in [0.15, 0.2) is 0 Å². The number of carboxylic acid groups (broad SMARTS) is 1. The first-order valence-electron chi connectivity index (χ1n) is 4.96. The smallest absolute Gasteiger partial charge is 0.317 e. The molecule has 0 aromatic heterocycles. The maximum absolute atomic E-state index is 10.9. The minimum Gasteiger partial charge on any atom is -0.480 e. The molecule has 0 aromatic rings. The van der Waals surface area contributed by atoms with Gasteiger partial charge >= 0.3 is 5.97 Å². The summed E-state index contributed by atoms with van der Waals surface area (Å²) in [6.45, 7) is 1.29. The lowest BCUT2D eigenvalue weighted by atomic mass is 10.4. The quantitative estimate of drug-likeness (QED) is 0.594. The Morgan fingerprint density at radius 2 is 2.00 bits per heavy atom. The van der Waals surface area contributed by atoms with E-state index >= 15 is 0 Å².